The van der Waals surface area contributed by atoms with E-state index in [4.69, 9.17) is 10.5 Å². The zero-order valence-electron chi connectivity index (χ0n) is 12.1. The van der Waals surface area contributed by atoms with E-state index in [-0.39, 0.29) is 23.7 Å². The van der Waals surface area contributed by atoms with Crippen LogP contribution in [0.4, 0.5) is 4.39 Å². The predicted octanol–water partition coefficient (Wildman–Crippen LogP) is 4.75. The van der Waals surface area contributed by atoms with Gasteiger partial charge in [-0.05, 0) is 37.1 Å². The second-order valence-electron chi connectivity index (χ2n) is 5.10. The van der Waals surface area contributed by atoms with Crippen LogP contribution in [0.1, 0.15) is 30.6 Å². The summed E-state index contributed by atoms with van der Waals surface area (Å²) in [5.41, 5.74) is 8.26. The summed E-state index contributed by atoms with van der Waals surface area (Å²) < 4.78 is 20.6. The summed E-state index contributed by atoms with van der Waals surface area (Å²) in [4.78, 5) is 0. The van der Waals surface area contributed by atoms with Crippen LogP contribution in [0, 0.1) is 12.7 Å². The van der Waals surface area contributed by atoms with E-state index in [2.05, 4.69) is 15.9 Å². The molecule has 0 heterocycles. The van der Waals surface area contributed by atoms with Crippen molar-refractivity contribution >= 4 is 15.9 Å². The molecule has 0 saturated carbocycles. The minimum Gasteiger partial charge on any atom is -0.481 e. The summed E-state index contributed by atoms with van der Waals surface area (Å²) in [5.74, 6) is -0.182. The molecule has 0 radical (unpaired) electrons. The van der Waals surface area contributed by atoms with Gasteiger partial charge in [0.25, 0.3) is 0 Å². The summed E-state index contributed by atoms with van der Waals surface area (Å²) in [7, 11) is 0. The lowest BCUT2D eigenvalue weighted by Crippen LogP contribution is -2.31. The van der Waals surface area contributed by atoms with Gasteiger partial charge >= 0.3 is 0 Å². The molecule has 0 fully saturated rings. The van der Waals surface area contributed by atoms with Crippen molar-refractivity contribution in [1.82, 2.24) is 0 Å². The molecule has 0 aromatic heterocycles. The SMILES string of the molecule is CCC(N)C(Oc1cc(Br)ccc1F)c1cccc(C)c1. The van der Waals surface area contributed by atoms with Crippen molar-refractivity contribution < 1.29 is 9.13 Å². The lowest BCUT2D eigenvalue weighted by molar-refractivity contribution is 0.163. The summed E-state index contributed by atoms with van der Waals surface area (Å²) in [5, 5.41) is 0. The third kappa shape index (κ3) is 4.05. The minimum atomic E-state index is -0.390. The number of aryl methyl sites for hydroxylation is 1. The van der Waals surface area contributed by atoms with E-state index in [1.54, 1.807) is 12.1 Å². The molecular formula is C17H19BrFNO. The Hall–Kier alpha value is -1.39. The first kappa shape index (κ1) is 16.0. The Bertz CT molecular complexity index is 617. The quantitative estimate of drug-likeness (QED) is 0.843. The van der Waals surface area contributed by atoms with Crippen molar-refractivity contribution in [2.24, 2.45) is 5.73 Å². The highest BCUT2D eigenvalue weighted by Gasteiger charge is 2.22. The average Bonchev–Trinajstić information content (AvgIpc) is 2.47. The Morgan fingerprint density at radius 2 is 2.00 bits per heavy atom. The maximum absolute atomic E-state index is 13.9. The molecule has 2 atom stereocenters. The molecule has 2 aromatic rings. The van der Waals surface area contributed by atoms with Crippen LogP contribution in [0.3, 0.4) is 0 Å². The van der Waals surface area contributed by atoms with Crippen LogP contribution in [0.5, 0.6) is 5.75 Å². The van der Waals surface area contributed by atoms with Gasteiger partial charge in [-0.25, -0.2) is 4.39 Å². The number of rotatable bonds is 5. The first-order chi connectivity index (χ1) is 10.0. The molecule has 21 heavy (non-hydrogen) atoms. The molecule has 2 nitrogen and oxygen atoms in total. The molecule has 0 spiro atoms. The van der Waals surface area contributed by atoms with Crippen LogP contribution < -0.4 is 10.5 Å². The number of hydrogen-bond donors (Lipinski definition) is 1. The van der Waals surface area contributed by atoms with Gasteiger partial charge in [0.2, 0.25) is 0 Å². The molecule has 4 heteroatoms. The van der Waals surface area contributed by atoms with Gasteiger partial charge in [-0.3, -0.25) is 0 Å². The maximum atomic E-state index is 13.9. The molecule has 0 aliphatic rings. The molecule has 0 aliphatic carbocycles. The van der Waals surface area contributed by atoms with Gasteiger partial charge in [0.1, 0.15) is 6.10 Å². The molecule has 0 saturated heterocycles. The highest BCUT2D eigenvalue weighted by atomic mass is 79.9. The van der Waals surface area contributed by atoms with E-state index in [9.17, 15) is 4.39 Å². The normalized spacial score (nSPS) is 13.8. The number of benzene rings is 2. The van der Waals surface area contributed by atoms with E-state index >= 15 is 0 Å². The fourth-order valence-corrected chi connectivity index (χ4v) is 2.51. The smallest absolute Gasteiger partial charge is 0.165 e. The highest BCUT2D eigenvalue weighted by Crippen LogP contribution is 2.30. The lowest BCUT2D eigenvalue weighted by atomic mass is 9.99. The molecule has 2 N–H and O–H groups in total. The van der Waals surface area contributed by atoms with E-state index < -0.39 is 0 Å². The Balaban J connectivity index is 2.35. The summed E-state index contributed by atoms with van der Waals surface area (Å²) >= 11 is 3.33. The van der Waals surface area contributed by atoms with E-state index in [1.165, 1.54) is 6.07 Å². The van der Waals surface area contributed by atoms with Crippen LogP contribution in [-0.2, 0) is 0 Å². The van der Waals surface area contributed by atoms with E-state index in [0.717, 1.165) is 22.0 Å². The van der Waals surface area contributed by atoms with Crippen molar-refractivity contribution in [2.45, 2.75) is 32.4 Å². The van der Waals surface area contributed by atoms with Gasteiger partial charge in [-0.15, -0.1) is 0 Å². The number of hydrogen-bond acceptors (Lipinski definition) is 2. The standard InChI is InChI=1S/C17H19BrFNO/c1-3-15(20)17(12-6-4-5-11(2)9-12)21-16-10-13(18)7-8-14(16)19/h4-10,15,17H,3,20H2,1-2H3. The Kier molecular flexibility index (Phi) is 5.37. The van der Waals surface area contributed by atoms with Crippen molar-refractivity contribution in [3.8, 4) is 5.75 Å². The van der Waals surface area contributed by atoms with E-state index in [0.29, 0.717) is 0 Å². The van der Waals surface area contributed by atoms with Crippen LogP contribution in [-0.4, -0.2) is 6.04 Å². The topological polar surface area (TPSA) is 35.2 Å². The summed E-state index contributed by atoms with van der Waals surface area (Å²) in [6, 6.07) is 12.4. The third-order valence-corrected chi connectivity index (χ3v) is 3.87. The van der Waals surface area contributed by atoms with E-state index in [1.807, 2.05) is 38.1 Å². The molecule has 0 aliphatic heterocycles. The first-order valence-corrected chi connectivity index (χ1v) is 7.74. The van der Waals surface area contributed by atoms with Crippen molar-refractivity contribution in [3.63, 3.8) is 0 Å². The fourth-order valence-electron chi connectivity index (χ4n) is 2.17. The number of halogens is 2. The molecular weight excluding hydrogens is 333 g/mol. The van der Waals surface area contributed by atoms with Gasteiger partial charge in [0, 0.05) is 10.5 Å². The van der Waals surface area contributed by atoms with Crippen LogP contribution >= 0.6 is 15.9 Å². The van der Waals surface area contributed by atoms with Crippen LogP contribution in [0.15, 0.2) is 46.9 Å². The zero-order chi connectivity index (χ0) is 15.4. The monoisotopic (exact) mass is 351 g/mol. The van der Waals surface area contributed by atoms with Gasteiger partial charge in [-0.2, -0.15) is 0 Å². The summed E-state index contributed by atoms with van der Waals surface area (Å²) in [6.07, 6.45) is 0.368. The van der Waals surface area contributed by atoms with Crippen molar-refractivity contribution in [3.05, 3.63) is 63.9 Å². The highest BCUT2D eigenvalue weighted by molar-refractivity contribution is 9.10. The fraction of sp³-hybridized carbons (Fsp3) is 0.294. The number of ether oxygens (including phenoxy) is 1. The van der Waals surface area contributed by atoms with Crippen LogP contribution in [0.25, 0.3) is 0 Å². The second-order valence-corrected chi connectivity index (χ2v) is 6.02. The molecule has 2 aromatic carbocycles. The summed E-state index contributed by atoms with van der Waals surface area (Å²) in [6.45, 7) is 4.01. The average molecular weight is 352 g/mol. The molecule has 2 rings (SSSR count). The maximum Gasteiger partial charge on any atom is 0.165 e. The molecule has 2 unspecified atom stereocenters. The zero-order valence-corrected chi connectivity index (χ0v) is 13.7. The second kappa shape index (κ2) is 7.05. The Labute approximate surface area is 133 Å². The van der Waals surface area contributed by atoms with Gasteiger partial charge in [0.05, 0.1) is 0 Å². The molecule has 0 bridgehead atoms. The minimum absolute atomic E-state index is 0.204. The Morgan fingerprint density at radius 1 is 1.24 bits per heavy atom. The Morgan fingerprint density at radius 3 is 2.67 bits per heavy atom. The van der Waals surface area contributed by atoms with Crippen molar-refractivity contribution in [1.29, 1.82) is 0 Å². The predicted molar refractivity (Wildman–Crippen MR) is 86.9 cm³/mol. The van der Waals surface area contributed by atoms with Gasteiger partial charge in [0.15, 0.2) is 11.6 Å². The largest absolute Gasteiger partial charge is 0.481 e. The van der Waals surface area contributed by atoms with Gasteiger partial charge in [-0.1, -0.05) is 52.7 Å². The van der Waals surface area contributed by atoms with Crippen molar-refractivity contribution in [2.75, 3.05) is 0 Å². The number of nitrogens with two attached hydrogens (primary N) is 1. The molecule has 0 amide bonds. The van der Waals surface area contributed by atoms with Crippen LogP contribution in [0.2, 0.25) is 0 Å². The van der Waals surface area contributed by atoms with Gasteiger partial charge < -0.3 is 10.5 Å². The third-order valence-electron chi connectivity index (χ3n) is 3.38. The first-order valence-electron chi connectivity index (χ1n) is 6.95. The molecule has 112 valence electrons. The lowest BCUT2D eigenvalue weighted by Gasteiger charge is -2.25.